The van der Waals surface area contributed by atoms with Crippen molar-refractivity contribution in [2.45, 2.75) is 0 Å². The Bertz CT molecular complexity index is 1150. The fraction of sp³-hybridized carbons (Fsp3) is 0. The molecule has 6 heteroatoms. The van der Waals surface area contributed by atoms with Gasteiger partial charge in [-0.3, -0.25) is 4.79 Å². The number of aromatic hydroxyl groups is 1. The van der Waals surface area contributed by atoms with E-state index < -0.39 is 5.91 Å². The van der Waals surface area contributed by atoms with Crippen molar-refractivity contribution in [1.82, 2.24) is 9.78 Å². The smallest absolute Gasteiger partial charge is 0.248 e. The Balaban J connectivity index is 1.88. The summed E-state index contributed by atoms with van der Waals surface area (Å²) in [6, 6.07) is 21.5. The van der Waals surface area contributed by atoms with Gasteiger partial charge < -0.3 is 10.8 Å². The molecule has 3 N–H and O–H groups in total. The van der Waals surface area contributed by atoms with Crippen molar-refractivity contribution in [3.8, 4) is 34.0 Å². The number of aromatic nitrogens is 2. The van der Waals surface area contributed by atoms with Crippen LogP contribution < -0.4 is 5.73 Å². The highest BCUT2D eigenvalue weighted by atomic mass is 19.1. The first kappa shape index (κ1) is 17.5. The van der Waals surface area contributed by atoms with E-state index in [1.165, 1.54) is 12.1 Å². The standard InChI is InChI=1S/C22H16FN3O2/c23-17-11-9-15(10-12-17)20-13-18(14-5-7-16(8-6-14)22(24)28)25-26(20)19-3-1-2-4-21(19)27/h1-13,27H,(H2,24,28). The fourth-order valence-electron chi connectivity index (χ4n) is 2.98. The molecule has 1 heterocycles. The van der Waals surface area contributed by atoms with Crippen molar-refractivity contribution in [2.24, 2.45) is 5.73 Å². The van der Waals surface area contributed by atoms with Gasteiger partial charge in [-0.25, -0.2) is 9.07 Å². The van der Waals surface area contributed by atoms with Gasteiger partial charge in [-0.05, 0) is 54.6 Å². The highest BCUT2D eigenvalue weighted by Crippen LogP contribution is 2.31. The second-order valence-electron chi connectivity index (χ2n) is 6.26. The Kier molecular flexibility index (Phi) is 4.37. The topological polar surface area (TPSA) is 81.1 Å². The Hall–Kier alpha value is -3.93. The number of nitrogens with zero attached hydrogens (tertiary/aromatic N) is 2. The Morgan fingerprint density at radius 3 is 2.21 bits per heavy atom. The van der Waals surface area contributed by atoms with E-state index in [-0.39, 0.29) is 11.6 Å². The molecule has 1 aromatic heterocycles. The summed E-state index contributed by atoms with van der Waals surface area (Å²) in [5, 5.41) is 14.9. The first-order valence-electron chi connectivity index (χ1n) is 8.57. The van der Waals surface area contributed by atoms with Crippen LogP contribution in [0.25, 0.3) is 28.2 Å². The van der Waals surface area contributed by atoms with Crippen LogP contribution in [-0.2, 0) is 0 Å². The lowest BCUT2D eigenvalue weighted by atomic mass is 10.1. The van der Waals surface area contributed by atoms with Gasteiger partial charge in [-0.2, -0.15) is 5.10 Å². The molecule has 1 amide bonds. The zero-order valence-corrected chi connectivity index (χ0v) is 14.7. The van der Waals surface area contributed by atoms with Crippen LogP contribution in [0.2, 0.25) is 0 Å². The number of para-hydroxylation sites is 2. The predicted molar refractivity (Wildman–Crippen MR) is 105 cm³/mol. The average molecular weight is 373 g/mol. The minimum absolute atomic E-state index is 0.0737. The third-order valence-corrected chi connectivity index (χ3v) is 4.42. The summed E-state index contributed by atoms with van der Waals surface area (Å²) in [6.07, 6.45) is 0. The number of primary amides is 1. The summed E-state index contributed by atoms with van der Waals surface area (Å²) in [4.78, 5) is 11.3. The van der Waals surface area contributed by atoms with E-state index >= 15 is 0 Å². The first-order valence-corrected chi connectivity index (χ1v) is 8.57. The van der Waals surface area contributed by atoms with Crippen LogP contribution >= 0.6 is 0 Å². The zero-order valence-electron chi connectivity index (χ0n) is 14.7. The average Bonchev–Trinajstić information content (AvgIpc) is 3.14. The molecule has 0 aliphatic heterocycles. The minimum Gasteiger partial charge on any atom is -0.506 e. The van der Waals surface area contributed by atoms with Crippen molar-refractivity contribution < 1.29 is 14.3 Å². The number of phenolic OH excluding ortho intramolecular Hbond substituents is 1. The normalized spacial score (nSPS) is 10.8. The number of amides is 1. The van der Waals surface area contributed by atoms with Gasteiger partial charge in [0.2, 0.25) is 5.91 Å². The molecule has 0 atom stereocenters. The van der Waals surface area contributed by atoms with Gasteiger partial charge in [0.05, 0.1) is 11.4 Å². The van der Waals surface area contributed by atoms with E-state index in [0.29, 0.717) is 22.6 Å². The van der Waals surface area contributed by atoms with Crippen molar-refractivity contribution in [1.29, 1.82) is 0 Å². The van der Waals surface area contributed by atoms with Crippen molar-refractivity contribution >= 4 is 5.91 Å². The zero-order chi connectivity index (χ0) is 19.7. The minimum atomic E-state index is -0.502. The highest BCUT2D eigenvalue weighted by Gasteiger charge is 2.15. The maximum Gasteiger partial charge on any atom is 0.248 e. The van der Waals surface area contributed by atoms with Crippen LogP contribution in [0.1, 0.15) is 10.4 Å². The summed E-state index contributed by atoms with van der Waals surface area (Å²) in [5.41, 5.74) is 9.06. The molecule has 28 heavy (non-hydrogen) atoms. The van der Waals surface area contributed by atoms with Crippen LogP contribution in [0.5, 0.6) is 5.75 Å². The molecule has 0 aliphatic rings. The van der Waals surface area contributed by atoms with E-state index in [9.17, 15) is 14.3 Å². The van der Waals surface area contributed by atoms with Crippen molar-refractivity contribution in [3.05, 3.63) is 90.2 Å². The number of phenols is 1. The van der Waals surface area contributed by atoms with Gasteiger partial charge in [0.15, 0.2) is 0 Å². The molecular formula is C22H16FN3O2. The van der Waals surface area contributed by atoms with Crippen LogP contribution in [0, 0.1) is 5.82 Å². The van der Waals surface area contributed by atoms with E-state index in [2.05, 4.69) is 5.10 Å². The van der Waals surface area contributed by atoms with Crippen molar-refractivity contribution in [3.63, 3.8) is 0 Å². The number of benzene rings is 3. The molecule has 0 aliphatic carbocycles. The van der Waals surface area contributed by atoms with Crippen molar-refractivity contribution in [2.75, 3.05) is 0 Å². The molecule has 4 aromatic rings. The third-order valence-electron chi connectivity index (χ3n) is 4.42. The Morgan fingerprint density at radius 2 is 1.57 bits per heavy atom. The summed E-state index contributed by atoms with van der Waals surface area (Å²) in [7, 11) is 0. The Morgan fingerprint density at radius 1 is 0.929 bits per heavy atom. The summed E-state index contributed by atoms with van der Waals surface area (Å²) in [5.74, 6) is -0.762. The van der Waals surface area contributed by atoms with Gasteiger partial charge in [0, 0.05) is 16.7 Å². The van der Waals surface area contributed by atoms with E-state index in [1.54, 1.807) is 65.3 Å². The van der Waals surface area contributed by atoms with Crippen LogP contribution in [0.15, 0.2) is 78.9 Å². The second-order valence-corrected chi connectivity index (χ2v) is 6.26. The number of carbonyl (C=O) groups excluding carboxylic acids is 1. The highest BCUT2D eigenvalue weighted by molar-refractivity contribution is 5.93. The van der Waals surface area contributed by atoms with Gasteiger partial charge >= 0.3 is 0 Å². The second kappa shape index (κ2) is 7.00. The number of halogens is 1. The number of hydrogen-bond acceptors (Lipinski definition) is 3. The maximum absolute atomic E-state index is 13.4. The lowest BCUT2D eigenvalue weighted by molar-refractivity contribution is 0.100. The molecule has 0 bridgehead atoms. The molecule has 5 nitrogen and oxygen atoms in total. The lowest BCUT2D eigenvalue weighted by Crippen LogP contribution is -2.10. The number of rotatable bonds is 4. The molecule has 0 radical (unpaired) electrons. The molecule has 4 rings (SSSR count). The number of carbonyl (C=O) groups is 1. The molecular weight excluding hydrogens is 357 g/mol. The van der Waals surface area contributed by atoms with Crippen LogP contribution in [0.4, 0.5) is 4.39 Å². The number of nitrogens with two attached hydrogens (primary N) is 1. The molecule has 0 unspecified atom stereocenters. The Labute approximate surface area is 160 Å². The van der Waals surface area contributed by atoms with Crippen LogP contribution in [-0.4, -0.2) is 20.8 Å². The van der Waals surface area contributed by atoms with Crippen LogP contribution in [0.3, 0.4) is 0 Å². The summed E-state index contributed by atoms with van der Waals surface area (Å²) < 4.78 is 15.0. The first-order chi connectivity index (χ1) is 13.5. The third kappa shape index (κ3) is 3.23. The summed E-state index contributed by atoms with van der Waals surface area (Å²) in [6.45, 7) is 0. The largest absolute Gasteiger partial charge is 0.506 e. The molecule has 0 saturated carbocycles. The van der Waals surface area contributed by atoms with Gasteiger partial charge in [-0.15, -0.1) is 0 Å². The fourth-order valence-corrected chi connectivity index (χ4v) is 2.98. The lowest BCUT2D eigenvalue weighted by Gasteiger charge is -2.09. The van der Waals surface area contributed by atoms with E-state index in [1.807, 2.05) is 6.07 Å². The quantitative estimate of drug-likeness (QED) is 0.564. The van der Waals surface area contributed by atoms with Gasteiger partial charge in [0.25, 0.3) is 0 Å². The molecule has 3 aromatic carbocycles. The van der Waals surface area contributed by atoms with E-state index in [4.69, 9.17) is 5.73 Å². The SMILES string of the molecule is NC(=O)c1ccc(-c2cc(-c3ccc(F)cc3)n(-c3ccccc3O)n2)cc1. The van der Waals surface area contributed by atoms with Gasteiger partial charge in [-0.1, -0.05) is 24.3 Å². The summed E-state index contributed by atoms with van der Waals surface area (Å²) >= 11 is 0. The number of hydrogen-bond donors (Lipinski definition) is 2. The van der Waals surface area contributed by atoms with Gasteiger partial charge in [0.1, 0.15) is 17.3 Å². The molecule has 0 saturated heterocycles. The van der Waals surface area contributed by atoms with E-state index in [0.717, 1.165) is 11.1 Å². The monoisotopic (exact) mass is 373 g/mol. The molecule has 0 fully saturated rings. The molecule has 138 valence electrons. The molecule has 0 spiro atoms. The maximum atomic E-state index is 13.4. The predicted octanol–water partition coefficient (Wildman–Crippen LogP) is 4.15.